The molecule has 122 valence electrons. The molecule has 7 nitrogen and oxygen atoms in total. The van der Waals surface area contributed by atoms with Crippen LogP contribution in [0.25, 0.3) is 0 Å². The summed E-state index contributed by atoms with van der Waals surface area (Å²) in [5.74, 6) is 0.401. The third-order valence-corrected chi connectivity index (χ3v) is 3.76. The fraction of sp³-hybridized carbons (Fsp3) is 0.267. The third kappa shape index (κ3) is 3.29. The Morgan fingerprint density at radius 3 is 2.65 bits per heavy atom. The molecule has 0 fully saturated rings. The molecule has 0 aliphatic carbocycles. The van der Waals surface area contributed by atoms with Crippen molar-refractivity contribution in [2.75, 3.05) is 31.4 Å². The molecular weight excluding hydrogens is 318 g/mol. The first-order chi connectivity index (χ1) is 11.0. The molecule has 0 saturated heterocycles. The van der Waals surface area contributed by atoms with Crippen LogP contribution in [0.1, 0.15) is 16.1 Å². The third-order valence-electron chi connectivity index (χ3n) is 3.39. The lowest BCUT2D eigenvalue weighted by atomic mass is 10.2. The second-order valence-corrected chi connectivity index (χ2v) is 5.24. The number of anilines is 2. The molecule has 2 N–H and O–H groups in total. The van der Waals surface area contributed by atoms with E-state index in [0.717, 1.165) is 5.56 Å². The van der Waals surface area contributed by atoms with E-state index in [0.29, 0.717) is 23.9 Å². The van der Waals surface area contributed by atoms with Crippen LogP contribution in [0.3, 0.4) is 0 Å². The number of rotatable bonds is 6. The lowest BCUT2D eigenvalue weighted by Gasteiger charge is -2.14. The van der Waals surface area contributed by atoms with Crippen molar-refractivity contribution in [2.45, 2.75) is 6.54 Å². The molecule has 0 aliphatic heterocycles. The van der Waals surface area contributed by atoms with E-state index in [2.05, 4.69) is 15.6 Å². The van der Waals surface area contributed by atoms with Crippen molar-refractivity contribution >= 4 is 35.7 Å². The van der Waals surface area contributed by atoms with Gasteiger partial charge in [-0.3, -0.25) is 14.2 Å². The van der Waals surface area contributed by atoms with E-state index in [-0.39, 0.29) is 17.4 Å². The van der Waals surface area contributed by atoms with Crippen molar-refractivity contribution in [1.29, 1.82) is 0 Å². The van der Waals surface area contributed by atoms with Gasteiger partial charge in [-0.15, -0.1) is 0 Å². The van der Waals surface area contributed by atoms with Crippen LogP contribution in [0, 0.1) is 0 Å². The summed E-state index contributed by atoms with van der Waals surface area (Å²) in [5.41, 5.74) is 1.12. The summed E-state index contributed by atoms with van der Waals surface area (Å²) >= 11 is 6.21. The molecule has 0 radical (unpaired) electrons. The van der Waals surface area contributed by atoms with E-state index < -0.39 is 0 Å². The molecule has 0 saturated carbocycles. The van der Waals surface area contributed by atoms with E-state index >= 15 is 0 Å². The smallest absolute Gasteiger partial charge is 0.271 e. The maximum Gasteiger partial charge on any atom is 0.271 e. The number of imidazole rings is 1. The predicted octanol–water partition coefficient (Wildman–Crippen LogP) is 1.58. The monoisotopic (exact) mass is 335 g/mol. The van der Waals surface area contributed by atoms with Crippen molar-refractivity contribution in [3.8, 4) is 0 Å². The molecule has 1 heterocycles. The number of hydrogen-bond acceptors (Lipinski definition) is 4. The summed E-state index contributed by atoms with van der Waals surface area (Å²) in [6.45, 7) is 0.346. The largest absolute Gasteiger partial charge is 0.359 e. The molecule has 0 bridgehead atoms. The van der Waals surface area contributed by atoms with Gasteiger partial charge in [-0.25, -0.2) is 0 Å². The number of amides is 2. The number of halogens is 1. The number of carbonyl (C=O) groups excluding carboxylic acids is 2. The van der Waals surface area contributed by atoms with Crippen LogP contribution in [0.5, 0.6) is 0 Å². The summed E-state index contributed by atoms with van der Waals surface area (Å²) < 4.78 is 1.69. The number of nitrogens with zero attached hydrogens (tertiary/aromatic N) is 3. The molecule has 8 heteroatoms. The zero-order valence-corrected chi connectivity index (χ0v) is 13.9. The second kappa shape index (κ2) is 7.15. The van der Waals surface area contributed by atoms with Crippen LogP contribution in [0.2, 0.25) is 5.02 Å². The van der Waals surface area contributed by atoms with Gasteiger partial charge < -0.3 is 15.5 Å². The molecule has 0 atom stereocenters. The Hall–Kier alpha value is -2.54. The topological polar surface area (TPSA) is 79.3 Å². The van der Waals surface area contributed by atoms with Crippen molar-refractivity contribution in [3.05, 3.63) is 40.5 Å². The Labute approximate surface area is 139 Å². The van der Waals surface area contributed by atoms with Crippen molar-refractivity contribution in [1.82, 2.24) is 14.9 Å². The fourth-order valence-electron chi connectivity index (χ4n) is 2.22. The Bertz CT molecular complexity index is 729. The predicted molar refractivity (Wildman–Crippen MR) is 90.2 cm³/mol. The summed E-state index contributed by atoms with van der Waals surface area (Å²) in [6.07, 6.45) is 0.605. The molecule has 23 heavy (non-hydrogen) atoms. The minimum Gasteiger partial charge on any atom is -0.359 e. The second-order valence-electron chi connectivity index (χ2n) is 4.83. The standard InChI is InChI=1S/C15H18ClN5O2/c1-17-14(23)12-13(20(3)9-22)19-15(18-2)21(12)8-10-6-4-5-7-11(10)16/h4-7,9H,8H2,1-3H3,(H,17,23)(H,18,19). The zero-order valence-electron chi connectivity index (χ0n) is 13.1. The van der Waals surface area contributed by atoms with E-state index in [1.165, 1.54) is 11.9 Å². The molecular formula is C15H18ClN5O2. The van der Waals surface area contributed by atoms with E-state index in [9.17, 15) is 9.59 Å². The molecule has 0 spiro atoms. The van der Waals surface area contributed by atoms with E-state index in [1.54, 1.807) is 24.7 Å². The van der Waals surface area contributed by atoms with Gasteiger partial charge in [0.25, 0.3) is 5.91 Å². The highest BCUT2D eigenvalue weighted by molar-refractivity contribution is 6.31. The lowest BCUT2D eigenvalue weighted by molar-refractivity contribution is -0.107. The van der Waals surface area contributed by atoms with E-state index in [4.69, 9.17) is 11.6 Å². The summed E-state index contributed by atoms with van der Waals surface area (Å²) in [4.78, 5) is 29.0. The van der Waals surface area contributed by atoms with Gasteiger partial charge in [0.2, 0.25) is 12.4 Å². The Morgan fingerprint density at radius 2 is 2.09 bits per heavy atom. The fourth-order valence-corrected chi connectivity index (χ4v) is 2.42. The average Bonchev–Trinajstić information content (AvgIpc) is 2.93. The first-order valence-corrected chi connectivity index (χ1v) is 7.33. The minimum atomic E-state index is -0.338. The normalized spacial score (nSPS) is 10.3. The Balaban J connectivity index is 2.60. The van der Waals surface area contributed by atoms with Gasteiger partial charge in [-0.05, 0) is 11.6 Å². The average molecular weight is 336 g/mol. The number of carbonyl (C=O) groups is 2. The highest BCUT2D eigenvalue weighted by Gasteiger charge is 2.24. The zero-order chi connectivity index (χ0) is 17.0. The van der Waals surface area contributed by atoms with Gasteiger partial charge in [-0.2, -0.15) is 4.98 Å². The summed E-state index contributed by atoms with van der Waals surface area (Å²) in [6, 6.07) is 7.36. The Morgan fingerprint density at radius 1 is 1.39 bits per heavy atom. The van der Waals surface area contributed by atoms with Crippen molar-refractivity contribution < 1.29 is 9.59 Å². The van der Waals surface area contributed by atoms with Crippen LogP contribution in [-0.4, -0.2) is 43.0 Å². The number of aromatic nitrogens is 2. The van der Waals surface area contributed by atoms with Gasteiger partial charge >= 0.3 is 0 Å². The maximum absolute atomic E-state index is 12.3. The lowest BCUT2D eigenvalue weighted by Crippen LogP contribution is -2.26. The molecule has 2 aromatic rings. The quantitative estimate of drug-likeness (QED) is 0.785. The highest BCUT2D eigenvalue weighted by Crippen LogP contribution is 2.26. The SMILES string of the molecule is CNC(=O)c1c(N(C)C=O)nc(NC)n1Cc1ccccc1Cl. The van der Waals surface area contributed by atoms with Gasteiger partial charge in [0.05, 0.1) is 6.54 Å². The molecule has 2 rings (SSSR count). The highest BCUT2D eigenvalue weighted by atomic mass is 35.5. The van der Waals surface area contributed by atoms with Crippen molar-refractivity contribution in [2.24, 2.45) is 0 Å². The Kier molecular flexibility index (Phi) is 5.23. The molecule has 2 amide bonds. The minimum absolute atomic E-state index is 0.274. The van der Waals surface area contributed by atoms with Gasteiger partial charge in [0, 0.05) is 26.2 Å². The van der Waals surface area contributed by atoms with Gasteiger partial charge in [-0.1, -0.05) is 29.8 Å². The first-order valence-electron chi connectivity index (χ1n) is 6.95. The molecule has 1 aromatic heterocycles. The summed E-state index contributed by atoms with van der Waals surface area (Å²) in [5, 5.41) is 6.11. The van der Waals surface area contributed by atoms with Crippen LogP contribution in [0.4, 0.5) is 11.8 Å². The number of benzene rings is 1. The van der Waals surface area contributed by atoms with Crippen LogP contribution in [-0.2, 0) is 11.3 Å². The summed E-state index contributed by atoms with van der Waals surface area (Å²) in [7, 11) is 4.77. The molecule has 0 unspecified atom stereocenters. The molecule has 0 aliphatic rings. The van der Waals surface area contributed by atoms with Gasteiger partial charge in [0.15, 0.2) is 11.5 Å². The van der Waals surface area contributed by atoms with E-state index in [1.807, 2.05) is 18.2 Å². The van der Waals surface area contributed by atoms with Crippen LogP contribution in [0.15, 0.2) is 24.3 Å². The van der Waals surface area contributed by atoms with Crippen LogP contribution < -0.4 is 15.5 Å². The maximum atomic E-state index is 12.3. The van der Waals surface area contributed by atoms with Gasteiger partial charge in [0.1, 0.15) is 0 Å². The number of nitrogens with one attached hydrogen (secondary N) is 2. The van der Waals surface area contributed by atoms with Crippen molar-refractivity contribution in [3.63, 3.8) is 0 Å². The van der Waals surface area contributed by atoms with Crippen LogP contribution >= 0.6 is 11.6 Å². The molecule has 1 aromatic carbocycles. The first kappa shape index (κ1) is 16.8. The number of hydrogen-bond donors (Lipinski definition) is 2.